The number of aryl methyl sites for hydroxylation is 1. The first-order valence-electron chi connectivity index (χ1n) is 8.71. The van der Waals surface area contributed by atoms with E-state index in [1.165, 1.54) is 7.11 Å². The van der Waals surface area contributed by atoms with Gasteiger partial charge in [-0.25, -0.2) is 0 Å². The normalized spacial score (nSPS) is 13.3. The van der Waals surface area contributed by atoms with Crippen LogP contribution < -0.4 is 5.32 Å². The van der Waals surface area contributed by atoms with Crippen LogP contribution in [0.4, 0.5) is 0 Å². The minimum atomic E-state index is -1.73. The molecule has 7 heteroatoms. The predicted octanol–water partition coefficient (Wildman–Crippen LogP) is 2.17. The number of fused-ring (bicyclic) bond motifs is 1. The maximum Gasteiger partial charge on any atom is 0.475 e. The Labute approximate surface area is 157 Å². The lowest BCUT2D eigenvalue weighted by molar-refractivity contribution is -0.131. The number of carbonyl (C=O) groups excluding carboxylic acids is 1. The Hall–Kier alpha value is -2.61. The smallest absolute Gasteiger partial charge is 0.464 e. The van der Waals surface area contributed by atoms with Crippen LogP contribution >= 0.6 is 0 Å². The highest BCUT2D eigenvalue weighted by Gasteiger charge is 2.30. The molecule has 0 radical (unpaired) electrons. The van der Waals surface area contributed by atoms with Gasteiger partial charge < -0.3 is 24.5 Å². The highest BCUT2D eigenvalue weighted by atomic mass is 16.5. The number of para-hydroxylation sites is 1. The van der Waals surface area contributed by atoms with Gasteiger partial charge in [-0.2, -0.15) is 0 Å². The second kappa shape index (κ2) is 8.39. The Balaban J connectivity index is 1.79. The number of hydrogen-bond acceptors (Lipinski definition) is 5. The summed E-state index contributed by atoms with van der Waals surface area (Å²) in [6, 6.07) is 14.8. The van der Waals surface area contributed by atoms with Crippen LogP contribution in [0.2, 0.25) is 0 Å². The number of ether oxygens (including phenoxy) is 1. The number of hydrogen-bond donors (Lipinski definition) is 3. The molecule has 2 atom stereocenters. The molecule has 6 nitrogen and oxygen atoms in total. The topological polar surface area (TPSA) is 91.9 Å². The van der Waals surface area contributed by atoms with Gasteiger partial charge in [-0.05, 0) is 30.0 Å². The van der Waals surface area contributed by atoms with Crippen molar-refractivity contribution >= 4 is 24.0 Å². The van der Waals surface area contributed by atoms with E-state index in [0.29, 0.717) is 5.56 Å². The molecule has 3 aromatic rings. The first-order chi connectivity index (χ1) is 13.0. The zero-order valence-electron chi connectivity index (χ0n) is 15.3. The molecule has 1 heterocycles. The summed E-state index contributed by atoms with van der Waals surface area (Å²) in [6.45, 7) is 1.94. The highest BCUT2D eigenvalue weighted by Crippen LogP contribution is 2.25. The molecule has 0 aliphatic rings. The molecule has 0 unspecified atom stereocenters. The van der Waals surface area contributed by atoms with Crippen molar-refractivity contribution in [1.82, 2.24) is 5.32 Å². The third-order valence-corrected chi connectivity index (χ3v) is 4.58. The summed E-state index contributed by atoms with van der Waals surface area (Å²) in [5.41, 5.74) is 3.23. The first kappa shape index (κ1) is 19.2. The fourth-order valence-corrected chi connectivity index (χ4v) is 3.16. The number of benzene rings is 2. The number of carbonyl (C=O) groups is 1. The van der Waals surface area contributed by atoms with Crippen molar-refractivity contribution < 1.29 is 24.0 Å². The van der Waals surface area contributed by atoms with Crippen LogP contribution in [-0.2, 0) is 16.0 Å². The molecule has 0 saturated carbocycles. The lowest BCUT2D eigenvalue weighted by atomic mass is 9.75. The molecular formula is C20H22BNO5. The van der Waals surface area contributed by atoms with Gasteiger partial charge in [-0.15, -0.1) is 0 Å². The maximum atomic E-state index is 12.7. The van der Waals surface area contributed by atoms with Crippen LogP contribution in [-0.4, -0.2) is 36.1 Å². The lowest BCUT2D eigenvalue weighted by Gasteiger charge is -2.21. The Morgan fingerprint density at radius 3 is 2.59 bits per heavy atom. The minimum absolute atomic E-state index is 0.213. The Kier molecular flexibility index (Phi) is 5.96. The van der Waals surface area contributed by atoms with Gasteiger partial charge >= 0.3 is 7.12 Å². The van der Waals surface area contributed by atoms with E-state index >= 15 is 0 Å². The molecule has 0 aliphatic heterocycles. The summed E-state index contributed by atoms with van der Waals surface area (Å²) >= 11 is 0. The summed E-state index contributed by atoms with van der Waals surface area (Å²) < 4.78 is 10.9. The van der Waals surface area contributed by atoms with Gasteiger partial charge in [0.15, 0.2) is 6.10 Å². The van der Waals surface area contributed by atoms with E-state index in [0.717, 1.165) is 22.1 Å². The van der Waals surface area contributed by atoms with Gasteiger partial charge in [0.1, 0.15) is 5.58 Å². The first-order valence-corrected chi connectivity index (χ1v) is 8.71. The average Bonchev–Trinajstić information content (AvgIpc) is 3.07. The Morgan fingerprint density at radius 1 is 1.19 bits per heavy atom. The van der Waals surface area contributed by atoms with Crippen LogP contribution in [0.1, 0.15) is 22.8 Å². The highest BCUT2D eigenvalue weighted by molar-refractivity contribution is 6.43. The van der Waals surface area contributed by atoms with E-state index in [9.17, 15) is 14.8 Å². The summed E-state index contributed by atoms with van der Waals surface area (Å²) in [4.78, 5) is 12.7. The summed E-state index contributed by atoms with van der Waals surface area (Å²) in [6.07, 6.45) is 0.964. The quantitative estimate of drug-likeness (QED) is 0.557. The number of nitrogens with one attached hydrogen (secondary N) is 1. The fraction of sp³-hybridized carbons (Fsp3) is 0.250. The number of methoxy groups -OCH3 is 1. The molecule has 3 N–H and O–H groups in total. The fourth-order valence-electron chi connectivity index (χ4n) is 3.16. The molecule has 3 rings (SSSR count). The van der Waals surface area contributed by atoms with E-state index in [4.69, 9.17) is 9.15 Å². The van der Waals surface area contributed by atoms with Gasteiger partial charge in [0.05, 0.1) is 12.2 Å². The zero-order chi connectivity index (χ0) is 19.4. The van der Waals surface area contributed by atoms with Crippen LogP contribution in [0.15, 0.2) is 59.2 Å². The van der Waals surface area contributed by atoms with Crippen LogP contribution in [0.5, 0.6) is 0 Å². The summed E-state index contributed by atoms with van der Waals surface area (Å²) in [7, 11) is -0.287. The van der Waals surface area contributed by atoms with E-state index in [1.54, 1.807) is 18.4 Å². The third kappa shape index (κ3) is 4.22. The number of rotatable bonds is 7. The monoisotopic (exact) mass is 367 g/mol. The van der Waals surface area contributed by atoms with Gasteiger partial charge in [0.25, 0.3) is 5.91 Å². The second-order valence-corrected chi connectivity index (χ2v) is 6.47. The largest absolute Gasteiger partial charge is 0.475 e. The predicted molar refractivity (Wildman–Crippen MR) is 103 cm³/mol. The van der Waals surface area contributed by atoms with Gasteiger partial charge in [0, 0.05) is 12.5 Å². The minimum Gasteiger partial charge on any atom is -0.464 e. The number of amides is 1. The molecule has 27 heavy (non-hydrogen) atoms. The molecule has 1 aromatic heterocycles. The molecule has 0 spiro atoms. The van der Waals surface area contributed by atoms with Crippen molar-refractivity contribution in [2.45, 2.75) is 25.4 Å². The van der Waals surface area contributed by atoms with E-state index < -0.39 is 25.1 Å². The van der Waals surface area contributed by atoms with Crippen LogP contribution in [0, 0.1) is 6.92 Å². The van der Waals surface area contributed by atoms with Crippen LogP contribution in [0.3, 0.4) is 0 Å². The standard InChI is InChI=1S/C20H22BNO5/c1-13-7-6-10-16-15(12-27-18(13)16)11-17(21(24)25)22-20(23)19(26-2)14-8-4-3-5-9-14/h3-10,12,17,19,24-25H,11H2,1-2H3,(H,22,23)/t17-,19+/m0/s1. The molecule has 2 aromatic carbocycles. The second-order valence-electron chi connectivity index (χ2n) is 6.47. The molecule has 0 aliphatic carbocycles. The molecule has 0 saturated heterocycles. The Bertz CT molecular complexity index is 909. The molecule has 140 valence electrons. The van der Waals surface area contributed by atoms with Gasteiger partial charge in [-0.3, -0.25) is 4.79 Å². The summed E-state index contributed by atoms with van der Waals surface area (Å²) in [5.74, 6) is -1.34. The molecule has 1 amide bonds. The van der Waals surface area contributed by atoms with Gasteiger partial charge in [-0.1, -0.05) is 48.5 Å². The zero-order valence-corrected chi connectivity index (χ0v) is 15.3. The Morgan fingerprint density at radius 2 is 1.93 bits per heavy atom. The molecular weight excluding hydrogens is 345 g/mol. The van der Waals surface area contributed by atoms with E-state index in [2.05, 4.69) is 5.32 Å². The van der Waals surface area contributed by atoms with Crippen LogP contribution in [0.25, 0.3) is 11.0 Å². The van der Waals surface area contributed by atoms with Crippen molar-refractivity contribution in [3.05, 3.63) is 71.5 Å². The molecule has 0 bridgehead atoms. The average molecular weight is 367 g/mol. The van der Waals surface area contributed by atoms with E-state index in [-0.39, 0.29) is 6.42 Å². The van der Waals surface area contributed by atoms with E-state index in [1.807, 2.05) is 43.3 Å². The third-order valence-electron chi connectivity index (χ3n) is 4.58. The summed E-state index contributed by atoms with van der Waals surface area (Å²) in [5, 5.41) is 23.1. The maximum absolute atomic E-state index is 12.7. The lowest BCUT2D eigenvalue weighted by Crippen LogP contribution is -2.49. The molecule has 0 fully saturated rings. The van der Waals surface area contributed by atoms with Crippen molar-refractivity contribution in [3.8, 4) is 0 Å². The van der Waals surface area contributed by atoms with Crippen molar-refractivity contribution in [2.24, 2.45) is 0 Å². The van der Waals surface area contributed by atoms with Gasteiger partial charge in [0.2, 0.25) is 0 Å². The van der Waals surface area contributed by atoms with Crippen molar-refractivity contribution in [3.63, 3.8) is 0 Å². The van der Waals surface area contributed by atoms with Crippen molar-refractivity contribution in [2.75, 3.05) is 7.11 Å². The number of furan rings is 1. The van der Waals surface area contributed by atoms with Crippen molar-refractivity contribution in [1.29, 1.82) is 0 Å². The SMILES string of the molecule is CO[C@@H](C(=O)N[C@@H](Cc1coc2c(C)cccc12)B(O)O)c1ccccc1.